The van der Waals surface area contributed by atoms with Crippen molar-refractivity contribution in [2.24, 2.45) is 17.3 Å². The molecule has 6 rings (SSSR count). The maximum absolute atomic E-state index is 13.4. The molecule has 34 heavy (non-hydrogen) atoms. The predicted octanol–water partition coefficient (Wildman–Crippen LogP) is 4.97. The third-order valence-corrected chi connectivity index (χ3v) is 9.01. The summed E-state index contributed by atoms with van der Waals surface area (Å²) in [7, 11) is 1.81. The van der Waals surface area contributed by atoms with E-state index in [2.05, 4.69) is 10.2 Å². The summed E-state index contributed by atoms with van der Waals surface area (Å²) in [5, 5.41) is 21.0. The van der Waals surface area contributed by atoms with Crippen LogP contribution in [0.5, 0.6) is 0 Å². The molecule has 0 N–H and O–H groups in total. The molecule has 0 saturated heterocycles. The minimum absolute atomic E-state index is 0.0837. The predicted molar refractivity (Wildman–Crippen MR) is 128 cm³/mol. The van der Waals surface area contributed by atoms with Gasteiger partial charge >= 0.3 is 5.82 Å². The Kier molecular flexibility index (Phi) is 5.71. The number of carbonyl (C=O) groups excluding carboxylic acids is 1. The van der Waals surface area contributed by atoms with Gasteiger partial charge in [0.2, 0.25) is 5.91 Å². The normalized spacial score (nSPS) is 29.6. The van der Waals surface area contributed by atoms with Crippen LogP contribution in [0, 0.1) is 34.3 Å². The molecule has 2 unspecified atom stereocenters. The van der Waals surface area contributed by atoms with Crippen molar-refractivity contribution in [3.05, 3.63) is 37.7 Å². The van der Waals surface area contributed by atoms with Gasteiger partial charge in [0, 0.05) is 26.2 Å². The van der Waals surface area contributed by atoms with Crippen molar-refractivity contribution in [1.29, 1.82) is 0 Å². The molecular formula is C23H30Cl2N6O3. The number of amides is 1. The van der Waals surface area contributed by atoms with Crippen LogP contribution >= 0.6 is 23.2 Å². The Morgan fingerprint density at radius 2 is 1.94 bits per heavy atom. The average molecular weight is 509 g/mol. The van der Waals surface area contributed by atoms with E-state index in [9.17, 15) is 14.9 Å². The molecule has 184 valence electrons. The van der Waals surface area contributed by atoms with Crippen LogP contribution in [-0.2, 0) is 23.4 Å². The van der Waals surface area contributed by atoms with Crippen molar-refractivity contribution in [2.45, 2.75) is 77.4 Å². The number of rotatable bonds is 7. The molecule has 2 aromatic heterocycles. The van der Waals surface area contributed by atoms with Crippen molar-refractivity contribution >= 4 is 34.9 Å². The molecule has 4 aliphatic carbocycles. The molecule has 2 aromatic rings. The van der Waals surface area contributed by atoms with Gasteiger partial charge in [-0.3, -0.25) is 9.48 Å². The van der Waals surface area contributed by atoms with Gasteiger partial charge in [-0.15, -0.1) is 0 Å². The van der Waals surface area contributed by atoms with Gasteiger partial charge in [-0.05, 0) is 74.5 Å². The number of aromatic nitrogens is 4. The van der Waals surface area contributed by atoms with Gasteiger partial charge in [0.15, 0.2) is 5.02 Å². The summed E-state index contributed by atoms with van der Waals surface area (Å²) in [5.74, 6) is 0.801. The molecule has 0 radical (unpaired) electrons. The molecule has 9 nitrogen and oxygen atoms in total. The van der Waals surface area contributed by atoms with Gasteiger partial charge in [0.25, 0.3) is 0 Å². The molecule has 11 heteroatoms. The van der Waals surface area contributed by atoms with Crippen LogP contribution < -0.4 is 0 Å². The highest BCUT2D eigenvalue weighted by molar-refractivity contribution is 6.33. The molecule has 4 saturated carbocycles. The van der Waals surface area contributed by atoms with E-state index < -0.39 is 4.92 Å². The molecular weight excluding hydrogens is 479 g/mol. The van der Waals surface area contributed by atoms with Gasteiger partial charge < -0.3 is 15.0 Å². The van der Waals surface area contributed by atoms with Crippen molar-refractivity contribution < 1.29 is 9.72 Å². The Hall–Kier alpha value is -2.13. The summed E-state index contributed by atoms with van der Waals surface area (Å²) in [6, 6.07) is 0. The third kappa shape index (κ3) is 3.81. The molecule has 4 bridgehead atoms. The summed E-state index contributed by atoms with van der Waals surface area (Å²) >= 11 is 12.6. The number of nitrogens with zero attached hydrogens (tertiary/aromatic N) is 6. The van der Waals surface area contributed by atoms with E-state index in [4.69, 9.17) is 23.2 Å². The zero-order chi connectivity index (χ0) is 24.4. The highest BCUT2D eigenvalue weighted by Crippen LogP contribution is 2.65. The molecule has 0 spiro atoms. The zero-order valence-corrected chi connectivity index (χ0v) is 21.3. The molecule has 1 amide bonds. The Morgan fingerprint density at radius 1 is 1.26 bits per heavy atom. The molecule has 2 heterocycles. The van der Waals surface area contributed by atoms with E-state index in [1.54, 1.807) is 22.8 Å². The molecule has 4 aliphatic rings. The maximum atomic E-state index is 13.4. The molecule has 2 atom stereocenters. The lowest BCUT2D eigenvalue weighted by molar-refractivity contribution is -0.389. The number of hydrogen-bond donors (Lipinski definition) is 0. The number of nitro groups is 1. The fourth-order valence-electron chi connectivity index (χ4n) is 7.38. The smallest absolute Gasteiger partial charge is 0.358 e. The first-order chi connectivity index (χ1) is 16.0. The maximum Gasteiger partial charge on any atom is 0.408 e. The minimum atomic E-state index is -0.508. The summed E-state index contributed by atoms with van der Waals surface area (Å²) < 4.78 is 3.61. The summed E-state index contributed by atoms with van der Waals surface area (Å²) in [6.07, 6.45) is 8.12. The van der Waals surface area contributed by atoms with Crippen molar-refractivity contribution in [2.75, 3.05) is 7.05 Å². The topological polar surface area (TPSA) is 99.1 Å². The van der Waals surface area contributed by atoms with Gasteiger partial charge in [-0.1, -0.05) is 23.2 Å². The van der Waals surface area contributed by atoms with E-state index in [0.29, 0.717) is 41.2 Å². The number of carbonyl (C=O) groups is 1. The Balaban J connectivity index is 1.39. The quantitative estimate of drug-likeness (QED) is 0.388. The van der Waals surface area contributed by atoms with E-state index >= 15 is 0 Å². The monoisotopic (exact) mass is 508 g/mol. The first kappa shape index (κ1) is 23.6. The van der Waals surface area contributed by atoms with E-state index in [0.717, 1.165) is 45.1 Å². The van der Waals surface area contributed by atoms with Crippen LogP contribution in [-0.4, -0.2) is 42.3 Å². The average Bonchev–Trinajstić information content (AvgIpc) is 3.26. The van der Waals surface area contributed by atoms with Crippen LogP contribution in [0.25, 0.3) is 0 Å². The molecule has 0 aromatic carbocycles. The number of halogens is 2. The van der Waals surface area contributed by atoms with Crippen LogP contribution in [0.4, 0.5) is 5.82 Å². The van der Waals surface area contributed by atoms with Gasteiger partial charge in [-0.2, -0.15) is 9.78 Å². The van der Waals surface area contributed by atoms with Crippen LogP contribution in [0.3, 0.4) is 0 Å². The Labute approximate surface area is 208 Å². The SMILES string of the molecule is CCn1cc(Cl)c(CN(C)C(=O)CC23CC4CC(C2)CC(n2nc([N+](=O)[O-])c(Cl)c2C)(C4)C3)n1. The van der Waals surface area contributed by atoms with Gasteiger partial charge in [0.05, 0.1) is 27.9 Å². The lowest BCUT2D eigenvalue weighted by Gasteiger charge is -2.61. The van der Waals surface area contributed by atoms with Crippen LogP contribution in [0.15, 0.2) is 6.20 Å². The lowest BCUT2D eigenvalue weighted by atomic mass is 9.46. The first-order valence-electron chi connectivity index (χ1n) is 11.9. The standard InChI is InChI=1S/C23H30Cl2N6O3/c1-4-29-11-17(24)18(26-29)12-28(3)19(32)10-22-6-15-5-16(7-22)9-23(8-15,13-22)30-14(2)20(25)21(27-30)31(33)34/h11,15-16H,4-10,12-13H2,1-3H3. The van der Waals surface area contributed by atoms with Crippen molar-refractivity contribution in [3.8, 4) is 0 Å². The van der Waals surface area contributed by atoms with Crippen LogP contribution in [0.1, 0.15) is 63.3 Å². The fourth-order valence-corrected chi connectivity index (χ4v) is 7.78. The van der Waals surface area contributed by atoms with E-state index in [-0.39, 0.29) is 27.7 Å². The van der Waals surface area contributed by atoms with E-state index in [1.165, 1.54) is 0 Å². The Bertz CT molecular complexity index is 1140. The summed E-state index contributed by atoms with van der Waals surface area (Å²) in [6.45, 7) is 4.90. The minimum Gasteiger partial charge on any atom is -0.358 e. The van der Waals surface area contributed by atoms with Gasteiger partial charge in [-0.25, -0.2) is 0 Å². The fraction of sp³-hybridized carbons (Fsp3) is 0.696. The summed E-state index contributed by atoms with van der Waals surface area (Å²) in [5.41, 5.74) is 0.918. The van der Waals surface area contributed by atoms with Crippen molar-refractivity contribution in [3.63, 3.8) is 0 Å². The number of hydrogen-bond acceptors (Lipinski definition) is 5. The molecule has 0 aliphatic heterocycles. The molecule has 4 fully saturated rings. The Morgan fingerprint density at radius 3 is 2.50 bits per heavy atom. The summed E-state index contributed by atoms with van der Waals surface area (Å²) in [4.78, 5) is 26.1. The number of aryl methyl sites for hydroxylation is 1. The lowest BCUT2D eigenvalue weighted by Crippen LogP contribution is -2.58. The van der Waals surface area contributed by atoms with E-state index in [1.807, 2.05) is 18.5 Å². The van der Waals surface area contributed by atoms with Crippen molar-refractivity contribution in [1.82, 2.24) is 24.5 Å². The highest BCUT2D eigenvalue weighted by atomic mass is 35.5. The second-order valence-electron chi connectivity index (χ2n) is 10.8. The second kappa shape index (κ2) is 8.22. The zero-order valence-electron chi connectivity index (χ0n) is 19.8. The van der Waals surface area contributed by atoms with Gasteiger partial charge in [0.1, 0.15) is 5.69 Å². The highest BCUT2D eigenvalue weighted by Gasteiger charge is 2.61. The largest absolute Gasteiger partial charge is 0.408 e. The van der Waals surface area contributed by atoms with Crippen LogP contribution in [0.2, 0.25) is 10.0 Å². The second-order valence-corrected chi connectivity index (χ2v) is 11.6. The first-order valence-corrected chi connectivity index (χ1v) is 12.7. The third-order valence-electron chi connectivity index (χ3n) is 8.25.